The maximum absolute atomic E-state index is 13.2. The standard InChI is InChI=1S/C25H25FN4O/c26-20-10-12-21(13-11-20)29-16-14-28(15-17-29)19-30-24-9-5-4-8-23(24)27-25(30)18-31-22-6-2-1-3-7-22/h1-13H,14-19H2. The zero-order valence-electron chi connectivity index (χ0n) is 17.3. The molecule has 31 heavy (non-hydrogen) atoms. The summed E-state index contributed by atoms with van der Waals surface area (Å²) in [6, 6.07) is 24.8. The fraction of sp³-hybridized carbons (Fsp3) is 0.240. The van der Waals surface area contributed by atoms with Crippen molar-refractivity contribution in [1.82, 2.24) is 14.5 Å². The van der Waals surface area contributed by atoms with Crippen LogP contribution in [0.2, 0.25) is 0 Å². The van der Waals surface area contributed by atoms with E-state index in [2.05, 4.69) is 26.5 Å². The van der Waals surface area contributed by atoms with E-state index in [-0.39, 0.29) is 5.82 Å². The predicted octanol–water partition coefficient (Wildman–Crippen LogP) is 4.53. The highest BCUT2D eigenvalue weighted by molar-refractivity contribution is 5.75. The van der Waals surface area contributed by atoms with Gasteiger partial charge in [-0.05, 0) is 48.5 Å². The van der Waals surface area contributed by atoms with Gasteiger partial charge in [0, 0.05) is 31.9 Å². The Morgan fingerprint density at radius 3 is 2.29 bits per heavy atom. The largest absolute Gasteiger partial charge is 0.486 e. The van der Waals surface area contributed by atoms with Crippen molar-refractivity contribution >= 4 is 16.7 Å². The van der Waals surface area contributed by atoms with Crippen molar-refractivity contribution in [3.8, 4) is 5.75 Å². The first-order valence-corrected chi connectivity index (χ1v) is 10.6. The second-order valence-corrected chi connectivity index (χ2v) is 7.77. The number of ether oxygens (including phenoxy) is 1. The van der Waals surface area contributed by atoms with Gasteiger partial charge in [-0.3, -0.25) is 4.90 Å². The summed E-state index contributed by atoms with van der Waals surface area (Å²) in [6.45, 7) is 4.88. The molecule has 1 saturated heterocycles. The normalized spacial score (nSPS) is 14.8. The van der Waals surface area contributed by atoms with Crippen molar-refractivity contribution in [2.45, 2.75) is 13.3 Å². The van der Waals surface area contributed by atoms with Crippen LogP contribution in [0.1, 0.15) is 5.82 Å². The second-order valence-electron chi connectivity index (χ2n) is 7.77. The van der Waals surface area contributed by atoms with Crippen LogP contribution in [-0.4, -0.2) is 40.6 Å². The SMILES string of the molecule is Fc1ccc(N2CCN(Cn3c(COc4ccccc4)nc4ccccc43)CC2)cc1. The number of aromatic nitrogens is 2. The third kappa shape index (κ3) is 4.39. The van der Waals surface area contributed by atoms with Crippen LogP contribution in [0.3, 0.4) is 0 Å². The highest BCUT2D eigenvalue weighted by atomic mass is 19.1. The van der Waals surface area contributed by atoms with E-state index in [1.165, 1.54) is 12.1 Å². The minimum absolute atomic E-state index is 0.195. The maximum Gasteiger partial charge on any atom is 0.149 e. The smallest absolute Gasteiger partial charge is 0.149 e. The van der Waals surface area contributed by atoms with Crippen molar-refractivity contribution < 1.29 is 9.13 Å². The Kier molecular flexibility index (Phi) is 5.54. The molecule has 6 heteroatoms. The number of para-hydroxylation sites is 3. The van der Waals surface area contributed by atoms with Gasteiger partial charge in [0.1, 0.15) is 24.0 Å². The van der Waals surface area contributed by atoms with Gasteiger partial charge in [-0.1, -0.05) is 30.3 Å². The van der Waals surface area contributed by atoms with Crippen LogP contribution in [0.4, 0.5) is 10.1 Å². The van der Waals surface area contributed by atoms with Crippen LogP contribution in [0.15, 0.2) is 78.9 Å². The number of fused-ring (bicyclic) bond motifs is 1. The Hall–Kier alpha value is -3.38. The predicted molar refractivity (Wildman–Crippen MR) is 121 cm³/mol. The molecule has 2 heterocycles. The number of hydrogen-bond acceptors (Lipinski definition) is 4. The van der Waals surface area contributed by atoms with Crippen molar-refractivity contribution in [3.63, 3.8) is 0 Å². The van der Waals surface area contributed by atoms with E-state index in [4.69, 9.17) is 9.72 Å². The summed E-state index contributed by atoms with van der Waals surface area (Å²) in [7, 11) is 0. The van der Waals surface area contributed by atoms with Gasteiger partial charge in [-0.25, -0.2) is 9.37 Å². The minimum Gasteiger partial charge on any atom is -0.486 e. The molecule has 1 fully saturated rings. The average Bonchev–Trinajstić information content (AvgIpc) is 3.17. The topological polar surface area (TPSA) is 33.5 Å². The Bertz CT molecular complexity index is 1140. The van der Waals surface area contributed by atoms with Gasteiger partial charge in [-0.15, -0.1) is 0 Å². The lowest BCUT2D eigenvalue weighted by molar-refractivity contribution is 0.198. The van der Waals surface area contributed by atoms with Gasteiger partial charge in [0.2, 0.25) is 0 Å². The molecule has 3 aromatic carbocycles. The molecule has 0 radical (unpaired) electrons. The van der Waals surface area contributed by atoms with Crippen molar-refractivity contribution in [3.05, 3.63) is 90.5 Å². The fourth-order valence-corrected chi connectivity index (χ4v) is 4.06. The van der Waals surface area contributed by atoms with Gasteiger partial charge in [0.25, 0.3) is 0 Å². The number of rotatable bonds is 6. The summed E-state index contributed by atoms with van der Waals surface area (Å²) in [4.78, 5) is 9.57. The molecule has 0 N–H and O–H groups in total. The molecule has 0 amide bonds. The molecular weight excluding hydrogens is 391 g/mol. The lowest BCUT2D eigenvalue weighted by atomic mass is 10.2. The van der Waals surface area contributed by atoms with E-state index in [1.54, 1.807) is 0 Å². The van der Waals surface area contributed by atoms with Crippen LogP contribution >= 0.6 is 0 Å². The third-order valence-electron chi connectivity index (χ3n) is 5.75. The summed E-state index contributed by atoms with van der Waals surface area (Å²) in [5.41, 5.74) is 3.18. The van der Waals surface area contributed by atoms with E-state index in [9.17, 15) is 4.39 Å². The molecule has 1 aliphatic rings. The summed E-state index contributed by atoms with van der Waals surface area (Å²) < 4.78 is 21.5. The molecule has 0 atom stereocenters. The number of hydrogen-bond donors (Lipinski definition) is 0. The Balaban J connectivity index is 1.30. The lowest BCUT2D eigenvalue weighted by Gasteiger charge is -2.36. The van der Waals surface area contributed by atoms with Crippen LogP contribution in [0.5, 0.6) is 5.75 Å². The summed E-state index contributed by atoms with van der Waals surface area (Å²) >= 11 is 0. The van der Waals surface area contributed by atoms with E-state index < -0.39 is 0 Å². The molecule has 0 bridgehead atoms. The molecule has 0 saturated carbocycles. The number of halogens is 1. The van der Waals surface area contributed by atoms with Gasteiger partial charge < -0.3 is 14.2 Å². The zero-order valence-corrected chi connectivity index (χ0v) is 17.3. The van der Waals surface area contributed by atoms with E-state index >= 15 is 0 Å². The molecule has 4 aromatic rings. The molecule has 5 nitrogen and oxygen atoms in total. The number of anilines is 1. The molecule has 0 aliphatic carbocycles. The Morgan fingerprint density at radius 2 is 1.52 bits per heavy atom. The second kappa shape index (κ2) is 8.78. The summed E-state index contributed by atoms with van der Waals surface area (Å²) in [5, 5.41) is 0. The van der Waals surface area contributed by atoms with Crippen LogP contribution < -0.4 is 9.64 Å². The Morgan fingerprint density at radius 1 is 0.806 bits per heavy atom. The van der Waals surface area contributed by atoms with Gasteiger partial charge in [0.15, 0.2) is 0 Å². The lowest BCUT2D eigenvalue weighted by Crippen LogP contribution is -2.47. The molecule has 1 aliphatic heterocycles. The van der Waals surface area contributed by atoms with E-state index in [0.29, 0.717) is 6.61 Å². The van der Waals surface area contributed by atoms with E-state index in [1.807, 2.05) is 54.6 Å². The number of nitrogens with zero attached hydrogens (tertiary/aromatic N) is 4. The quantitative estimate of drug-likeness (QED) is 0.462. The highest BCUT2D eigenvalue weighted by Gasteiger charge is 2.20. The van der Waals surface area contributed by atoms with Gasteiger partial charge in [-0.2, -0.15) is 0 Å². The molecule has 5 rings (SSSR count). The van der Waals surface area contributed by atoms with Crippen molar-refractivity contribution in [1.29, 1.82) is 0 Å². The first-order chi connectivity index (χ1) is 15.3. The first-order valence-electron chi connectivity index (χ1n) is 10.6. The molecule has 0 spiro atoms. The first kappa shape index (κ1) is 19.6. The van der Waals surface area contributed by atoms with Gasteiger partial charge in [0.05, 0.1) is 17.7 Å². The van der Waals surface area contributed by atoms with E-state index in [0.717, 1.165) is 61.1 Å². The zero-order chi connectivity index (χ0) is 21.0. The number of imidazole rings is 1. The van der Waals surface area contributed by atoms with Gasteiger partial charge >= 0.3 is 0 Å². The fourth-order valence-electron chi connectivity index (χ4n) is 4.06. The molecular formula is C25H25FN4O. The molecule has 158 valence electrons. The van der Waals surface area contributed by atoms with Crippen molar-refractivity contribution in [2.24, 2.45) is 0 Å². The summed E-state index contributed by atoms with van der Waals surface area (Å²) in [5.74, 6) is 1.57. The molecule has 1 aromatic heterocycles. The summed E-state index contributed by atoms with van der Waals surface area (Å²) in [6.07, 6.45) is 0. The average molecular weight is 417 g/mol. The Labute approximate surface area is 181 Å². The third-order valence-corrected chi connectivity index (χ3v) is 5.75. The number of piperazine rings is 1. The van der Waals surface area contributed by atoms with Crippen LogP contribution in [-0.2, 0) is 13.3 Å². The maximum atomic E-state index is 13.2. The molecule has 0 unspecified atom stereocenters. The minimum atomic E-state index is -0.195. The highest BCUT2D eigenvalue weighted by Crippen LogP contribution is 2.21. The van der Waals surface area contributed by atoms with Crippen molar-refractivity contribution in [2.75, 3.05) is 31.1 Å². The monoisotopic (exact) mass is 416 g/mol. The number of benzene rings is 3. The van der Waals surface area contributed by atoms with Crippen LogP contribution in [0.25, 0.3) is 11.0 Å². The van der Waals surface area contributed by atoms with Crippen LogP contribution in [0, 0.1) is 5.82 Å².